The van der Waals surface area contributed by atoms with Gasteiger partial charge in [-0.1, -0.05) is 24.7 Å². The van der Waals surface area contributed by atoms with E-state index in [1.807, 2.05) is 0 Å². The Morgan fingerprint density at radius 2 is 1.58 bits per heavy atom. The second kappa shape index (κ2) is 8.29. The molecule has 3 heterocycles. The lowest BCUT2D eigenvalue weighted by molar-refractivity contribution is 0.221. The largest absolute Gasteiger partial charge is 0.350 e. The molecule has 0 aliphatic carbocycles. The number of likely N-dealkylation sites (tertiary alicyclic amines) is 2. The smallest absolute Gasteiger partial charge is 0.0605 e. The van der Waals surface area contributed by atoms with Crippen molar-refractivity contribution in [2.45, 2.75) is 45.1 Å². The second-order valence-electron chi connectivity index (χ2n) is 7.97. The van der Waals surface area contributed by atoms with Crippen molar-refractivity contribution < 1.29 is 0 Å². The molecule has 2 saturated heterocycles. The maximum Gasteiger partial charge on any atom is 0.0605 e. The first kappa shape index (κ1) is 17.6. The average molecular weight is 350 g/mol. The zero-order chi connectivity index (χ0) is 17.8. The van der Waals surface area contributed by atoms with Gasteiger partial charge in [0.1, 0.15) is 0 Å². The van der Waals surface area contributed by atoms with Gasteiger partial charge in [-0.2, -0.15) is 0 Å². The van der Waals surface area contributed by atoms with E-state index in [0.717, 1.165) is 18.7 Å². The molecule has 0 N–H and O–H groups in total. The number of rotatable bonds is 3. The third-order valence-corrected chi connectivity index (χ3v) is 5.90. The quantitative estimate of drug-likeness (QED) is 0.776. The van der Waals surface area contributed by atoms with E-state index in [-0.39, 0.29) is 0 Å². The van der Waals surface area contributed by atoms with Crippen LogP contribution in [0.4, 0.5) is 0 Å². The van der Waals surface area contributed by atoms with E-state index in [1.54, 1.807) is 0 Å². The second-order valence-corrected chi connectivity index (χ2v) is 7.97. The Bertz CT molecular complexity index is 796. The van der Waals surface area contributed by atoms with Gasteiger partial charge in [-0.05, 0) is 75.6 Å². The summed E-state index contributed by atoms with van der Waals surface area (Å²) in [5.41, 5.74) is 3.92. The Labute approximate surface area is 158 Å². The number of aryl methyl sites for hydroxylation is 1. The van der Waals surface area contributed by atoms with Crippen molar-refractivity contribution in [3.05, 3.63) is 35.5 Å². The van der Waals surface area contributed by atoms with Crippen LogP contribution in [0.1, 0.15) is 49.7 Å². The predicted octanol–water partition coefficient (Wildman–Crippen LogP) is 4.00. The summed E-state index contributed by atoms with van der Waals surface area (Å²) in [4.78, 5) is 5.09. The number of hydrogen-bond donors (Lipinski definition) is 0. The standard InChI is InChI=1S/C23H31N3/c1-24-18-21(19-26-14-6-3-7-15-26)22-17-20(10-11-23(22)24)9-8-16-25-12-4-2-5-13-25/h10-11,17-18H,2-7,12-16,19H2,1H3. The van der Waals surface area contributed by atoms with Gasteiger partial charge >= 0.3 is 0 Å². The van der Waals surface area contributed by atoms with E-state index in [0.29, 0.717) is 0 Å². The average Bonchev–Trinajstić information content (AvgIpc) is 2.99. The van der Waals surface area contributed by atoms with Gasteiger partial charge in [0.2, 0.25) is 0 Å². The summed E-state index contributed by atoms with van der Waals surface area (Å²) < 4.78 is 2.26. The molecule has 1 aromatic heterocycles. The van der Waals surface area contributed by atoms with Crippen LogP contribution in [0.3, 0.4) is 0 Å². The third kappa shape index (κ3) is 4.14. The molecule has 2 fully saturated rings. The summed E-state index contributed by atoms with van der Waals surface area (Å²) in [6, 6.07) is 6.72. The Balaban J connectivity index is 1.50. The fourth-order valence-electron chi connectivity index (χ4n) is 4.41. The molecule has 2 aromatic rings. The van der Waals surface area contributed by atoms with Gasteiger partial charge in [-0.3, -0.25) is 9.80 Å². The minimum atomic E-state index is 0.910. The molecular weight excluding hydrogens is 318 g/mol. The third-order valence-electron chi connectivity index (χ3n) is 5.90. The molecular formula is C23H31N3. The van der Waals surface area contributed by atoms with Crippen LogP contribution in [-0.2, 0) is 13.6 Å². The molecule has 0 amide bonds. The van der Waals surface area contributed by atoms with Gasteiger partial charge in [-0.25, -0.2) is 0 Å². The number of fused-ring (bicyclic) bond motifs is 1. The van der Waals surface area contributed by atoms with Gasteiger partial charge in [0.15, 0.2) is 0 Å². The fraction of sp³-hybridized carbons (Fsp3) is 0.565. The van der Waals surface area contributed by atoms with E-state index < -0.39 is 0 Å². The number of piperidine rings is 2. The number of hydrogen-bond acceptors (Lipinski definition) is 2. The van der Waals surface area contributed by atoms with E-state index >= 15 is 0 Å². The van der Waals surface area contributed by atoms with Crippen LogP contribution in [0.5, 0.6) is 0 Å². The van der Waals surface area contributed by atoms with Gasteiger partial charge in [-0.15, -0.1) is 0 Å². The zero-order valence-corrected chi connectivity index (χ0v) is 16.1. The van der Waals surface area contributed by atoms with Crippen molar-refractivity contribution in [2.24, 2.45) is 7.05 Å². The molecule has 0 radical (unpaired) electrons. The van der Waals surface area contributed by atoms with Crippen LogP contribution in [0.15, 0.2) is 24.4 Å². The maximum absolute atomic E-state index is 3.41. The molecule has 138 valence electrons. The minimum Gasteiger partial charge on any atom is -0.350 e. The van der Waals surface area contributed by atoms with Crippen LogP contribution in [0.25, 0.3) is 10.9 Å². The highest BCUT2D eigenvalue weighted by molar-refractivity contribution is 5.85. The summed E-state index contributed by atoms with van der Waals surface area (Å²) in [5, 5.41) is 1.38. The summed E-state index contributed by atoms with van der Waals surface area (Å²) in [6.45, 7) is 6.89. The van der Waals surface area contributed by atoms with Crippen molar-refractivity contribution in [1.82, 2.24) is 14.4 Å². The molecule has 0 unspecified atom stereocenters. The molecule has 1 aromatic carbocycles. The monoisotopic (exact) mass is 349 g/mol. The molecule has 2 aliphatic rings. The molecule has 26 heavy (non-hydrogen) atoms. The topological polar surface area (TPSA) is 11.4 Å². The Hall–Kier alpha value is -1.76. The van der Waals surface area contributed by atoms with Crippen LogP contribution in [-0.4, -0.2) is 47.1 Å². The zero-order valence-electron chi connectivity index (χ0n) is 16.1. The van der Waals surface area contributed by atoms with E-state index in [4.69, 9.17) is 0 Å². The SMILES string of the molecule is Cn1cc(CN2CCCCC2)c2cc(C#CCN3CCCCC3)ccc21. The molecule has 4 rings (SSSR count). The molecule has 3 heteroatoms. The lowest BCUT2D eigenvalue weighted by Crippen LogP contribution is -2.29. The molecule has 3 nitrogen and oxygen atoms in total. The van der Waals surface area contributed by atoms with Crippen molar-refractivity contribution in [2.75, 3.05) is 32.7 Å². The summed E-state index contributed by atoms with van der Waals surface area (Å²) >= 11 is 0. The summed E-state index contributed by atoms with van der Waals surface area (Å²) in [6.07, 6.45) is 10.4. The van der Waals surface area contributed by atoms with Crippen molar-refractivity contribution >= 4 is 10.9 Å². The highest BCUT2D eigenvalue weighted by Crippen LogP contribution is 2.24. The van der Waals surface area contributed by atoms with Gasteiger partial charge in [0.25, 0.3) is 0 Å². The van der Waals surface area contributed by atoms with Crippen molar-refractivity contribution in [1.29, 1.82) is 0 Å². The normalized spacial score (nSPS) is 19.4. The van der Waals surface area contributed by atoms with Crippen LogP contribution in [0.2, 0.25) is 0 Å². The van der Waals surface area contributed by atoms with E-state index in [1.165, 1.54) is 81.2 Å². The van der Waals surface area contributed by atoms with Crippen LogP contribution in [0, 0.1) is 11.8 Å². The highest BCUT2D eigenvalue weighted by atomic mass is 15.1. The molecule has 2 aliphatic heterocycles. The minimum absolute atomic E-state index is 0.910. The molecule has 0 atom stereocenters. The van der Waals surface area contributed by atoms with Crippen molar-refractivity contribution in [3.63, 3.8) is 0 Å². The maximum atomic E-state index is 3.41. The van der Waals surface area contributed by atoms with E-state index in [2.05, 4.69) is 57.7 Å². The Kier molecular flexibility index (Phi) is 5.62. The molecule has 0 spiro atoms. The Morgan fingerprint density at radius 1 is 0.885 bits per heavy atom. The van der Waals surface area contributed by atoms with Gasteiger partial charge < -0.3 is 4.57 Å². The van der Waals surface area contributed by atoms with Crippen molar-refractivity contribution in [3.8, 4) is 11.8 Å². The lowest BCUT2D eigenvalue weighted by atomic mass is 10.1. The predicted molar refractivity (Wildman–Crippen MR) is 109 cm³/mol. The van der Waals surface area contributed by atoms with Crippen LogP contribution < -0.4 is 0 Å². The number of aromatic nitrogens is 1. The fourth-order valence-corrected chi connectivity index (χ4v) is 4.41. The first-order valence-corrected chi connectivity index (χ1v) is 10.3. The number of nitrogens with zero attached hydrogens (tertiary/aromatic N) is 3. The van der Waals surface area contributed by atoms with Gasteiger partial charge in [0.05, 0.1) is 6.54 Å². The highest BCUT2D eigenvalue weighted by Gasteiger charge is 2.14. The van der Waals surface area contributed by atoms with Gasteiger partial charge in [0, 0.05) is 36.3 Å². The first-order chi connectivity index (χ1) is 12.8. The van der Waals surface area contributed by atoms with Crippen LogP contribution >= 0.6 is 0 Å². The lowest BCUT2D eigenvalue weighted by Gasteiger charge is -2.26. The first-order valence-electron chi connectivity index (χ1n) is 10.3. The summed E-state index contributed by atoms with van der Waals surface area (Å²) in [7, 11) is 2.16. The van der Waals surface area contributed by atoms with E-state index in [9.17, 15) is 0 Å². The molecule has 0 bridgehead atoms. The Morgan fingerprint density at radius 3 is 2.31 bits per heavy atom. The molecule has 0 saturated carbocycles. The number of benzene rings is 1. The summed E-state index contributed by atoms with van der Waals surface area (Å²) in [5.74, 6) is 6.81.